The highest BCUT2D eigenvalue weighted by molar-refractivity contribution is 5.37. The molecule has 0 unspecified atom stereocenters. The van der Waals surface area contributed by atoms with E-state index in [-0.39, 0.29) is 6.61 Å². The van der Waals surface area contributed by atoms with Gasteiger partial charge in [-0.2, -0.15) is 0 Å². The fourth-order valence-electron chi connectivity index (χ4n) is 2.80. The Morgan fingerprint density at radius 3 is 2.65 bits per heavy atom. The van der Waals surface area contributed by atoms with Gasteiger partial charge >= 0.3 is 0 Å². The van der Waals surface area contributed by atoms with Gasteiger partial charge in [-0.3, -0.25) is 0 Å². The van der Waals surface area contributed by atoms with Gasteiger partial charge < -0.3 is 14.6 Å². The minimum atomic E-state index is -0.577. The van der Waals surface area contributed by atoms with Crippen molar-refractivity contribution in [1.29, 1.82) is 0 Å². The first-order chi connectivity index (χ1) is 8.21. The maximum atomic E-state index is 9.22. The number of hydrogen-bond acceptors (Lipinski definition) is 3. The summed E-state index contributed by atoms with van der Waals surface area (Å²) in [4.78, 5) is 0. The van der Waals surface area contributed by atoms with E-state index in [0.717, 1.165) is 18.4 Å². The third-order valence-electron chi connectivity index (χ3n) is 3.84. The molecular weight excluding hydrogens is 216 g/mol. The lowest BCUT2D eigenvalue weighted by atomic mass is 10.0. The molecule has 2 aliphatic rings. The summed E-state index contributed by atoms with van der Waals surface area (Å²) in [5, 5.41) is 9.22. The van der Waals surface area contributed by atoms with Crippen molar-refractivity contribution in [2.75, 3.05) is 19.8 Å². The number of rotatable bonds is 2. The molecule has 1 fully saturated rings. The third-order valence-corrected chi connectivity index (χ3v) is 3.84. The van der Waals surface area contributed by atoms with Crippen molar-refractivity contribution in [3.63, 3.8) is 0 Å². The minimum Gasteiger partial charge on any atom is -0.396 e. The molecule has 0 aromatic heterocycles. The van der Waals surface area contributed by atoms with Gasteiger partial charge in [-0.15, -0.1) is 0 Å². The Morgan fingerprint density at radius 2 is 1.94 bits per heavy atom. The summed E-state index contributed by atoms with van der Waals surface area (Å²) in [6, 6.07) is 6.41. The molecular formula is C14H18O3. The topological polar surface area (TPSA) is 38.7 Å². The summed E-state index contributed by atoms with van der Waals surface area (Å²) >= 11 is 0. The Hall–Kier alpha value is -0.900. The van der Waals surface area contributed by atoms with Crippen molar-refractivity contribution in [2.24, 2.45) is 5.92 Å². The van der Waals surface area contributed by atoms with Crippen LogP contribution in [0, 0.1) is 5.92 Å². The number of aliphatic hydroxyl groups is 1. The Morgan fingerprint density at radius 1 is 1.24 bits per heavy atom. The summed E-state index contributed by atoms with van der Waals surface area (Å²) < 4.78 is 11.3. The van der Waals surface area contributed by atoms with E-state index in [1.807, 2.05) is 6.92 Å². The Labute approximate surface area is 101 Å². The van der Waals surface area contributed by atoms with Crippen molar-refractivity contribution in [1.82, 2.24) is 0 Å². The maximum Gasteiger partial charge on any atom is 0.192 e. The van der Waals surface area contributed by atoms with Gasteiger partial charge in [0.2, 0.25) is 0 Å². The van der Waals surface area contributed by atoms with Gasteiger partial charge in [-0.1, -0.05) is 18.2 Å². The standard InChI is InChI=1S/C14H18O3/c1-14(16-4-5-17-14)13-3-2-11-6-10(9-15)7-12(11)8-13/h2-3,8,10,15H,4-7,9H2,1H3/t10-/m0/s1. The number of ether oxygens (including phenoxy) is 2. The van der Waals surface area contributed by atoms with E-state index in [4.69, 9.17) is 9.47 Å². The SMILES string of the molecule is CC1(c2ccc3c(c2)C[C@@H](CO)C3)OCCO1. The molecule has 0 saturated carbocycles. The van der Waals surface area contributed by atoms with Crippen LogP contribution in [0.1, 0.15) is 23.6 Å². The molecule has 0 radical (unpaired) electrons. The fourth-order valence-corrected chi connectivity index (χ4v) is 2.80. The molecule has 1 aromatic carbocycles. The molecule has 3 rings (SSSR count). The molecule has 3 heteroatoms. The molecule has 1 atom stereocenters. The van der Waals surface area contributed by atoms with Crippen molar-refractivity contribution in [2.45, 2.75) is 25.6 Å². The molecule has 0 bridgehead atoms. The van der Waals surface area contributed by atoms with Crippen molar-refractivity contribution in [3.05, 3.63) is 34.9 Å². The molecule has 3 nitrogen and oxygen atoms in total. The van der Waals surface area contributed by atoms with Gasteiger partial charge in [0, 0.05) is 12.2 Å². The van der Waals surface area contributed by atoms with Crippen LogP contribution in [0.5, 0.6) is 0 Å². The zero-order valence-electron chi connectivity index (χ0n) is 10.1. The second-order valence-electron chi connectivity index (χ2n) is 5.08. The Balaban J connectivity index is 1.90. The first-order valence-corrected chi connectivity index (χ1v) is 6.22. The van der Waals surface area contributed by atoms with Crippen molar-refractivity contribution < 1.29 is 14.6 Å². The first-order valence-electron chi connectivity index (χ1n) is 6.22. The first kappa shape index (κ1) is 11.2. The minimum absolute atomic E-state index is 0.272. The molecule has 1 aromatic rings. The van der Waals surface area contributed by atoms with Gasteiger partial charge in [-0.25, -0.2) is 0 Å². The smallest absolute Gasteiger partial charge is 0.192 e. The van der Waals surface area contributed by atoms with Gasteiger partial charge in [0.05, 0.1) is 13.2 Å². The molecule has 1 saturated heterocycles. The largest absolute Gasteiger partial charge is 0.396 e. The molecule has 1 aliphatic carbocycles. The lowest BCUT2D eigenvalue weighted by Gasteiger charge is -2.23. The lowest BCUT2D eigenvalue weighted by Crippen LogP contribution is -2.22. The van der Waals surface area contributed by atoms with Gasteiger partial charge in [0.1, 0.15) is 0 Å². The van der Waals surface area contributed by atoms with E-state index in [0.29, 0.717) is 19.1 Å². The molecule has 0 amide bonds. The summed E-state index contributed by atoms with van der Waals surface area (Å²) in [5.74, 6) is -0.190. The molecule has 0 spiro atoms. The average molecular weight is 234 g/mol. The van der Waals surface area contributed by atoms with Crippen LogP contribution >= 0.6 is 0 Å². The van der Waals surface area contributed by atoms with E-state index < -0.39 is 5.79 Å². The number of hydrogen-bond donors (Lipinski definition) is 1. The number of aliphatic hydroxyl groups excluding tert-OH is 1. The zero-order chi connectivity index (χ0) is 11.9. The summed E-state index contributed by atoms with van der Waals surface area (Å²) in [6.07, 6.45) is 1.96. The number of fused-ring (bicyclic) bond motifs is 1. The van der Waals surface area contributed by atoms with Crippen LogP contribution in [-0.2, 0) is 28.1 Å². The highest BCUT2D eigenvalue weighted by atomic mass is 16.7. The highest BCUT2D eigenvalue weighted by Gasteiger charge is 2.34. The summed E-state index contributed by atoms with van der Waals surface area (Å²) in [5.41, 5.74) is 3.78. The molecule has 1 N–H and O–H groups in total. The van der Waals surface area contributed by atoms with Crippen LogP contribution in [0.2, 0.25) is 0 Å². The van der Waals surface area contributed by atoms with Gasteiger partial charge in [0.25, 0.3) is 0 Å². The highest BCUT2D eigenvalue weighted by Crippen LogP contribution is 2.35. The normalized spacial score (nSPS) is 26.1. The van der Waals surface area contributed by atoms with Crippen LogP contribution in [0.3, 0.4) is 0 Å². The molecule has 1 aliphatic heterocycles. The molecule has 1 heterocycles. The van der Waals surface area contributed by atoms with Crippen LogP contribution in [0.15, 0.2) is 18.2 Å². The monoisotopic (exact) mass is 234 g/mol. The van der Waals surface area contributed by atoms with E-state index in [1.54, 1.807) is 0 Å². The third kappa shape index (κ3) is 1.88. The maximum absolute atomic E-state index is 9.22. The van der Waals surface area contributed by atoms with Crippen molar-refractivity contribution >= 4 is 0 Å². The van der Waals surface area contributed by atoms with Crippen LogP contribution in [0.4, 0.5) is 0 Å². The van der Waals surface area contributed by atoms with Crippen LogP contribution in [-0.4, -0.2) is 24.9 Å². The zero-order valence-corrected chi connectivity index (χ0v) is 10.1. The second kappa shape index (κ2) is 4.09. The Kier molecular flexibility index (Phi) is 2.69. The second-order valence-corrected chi connectivity index (χ2v) is 5.08. The summed E-state index contributed by atoms with van der Waals surface area (Å²) in [6.45, 7) is 3.56. The summed E-state index contributed by atoms with van der Waals surface area (Å²) in [7, 11) is 0. The lowest BCUT2D eigenvalue weighted by molar-refractivity contribution is -0.149. The molecule has 92 valence electrons. The van der Waals surface area contributed by atoms with Gasteiger partial charge in [0.15, 0.2) is 5.79 Å². The van der Waals surface area contributed by atoms with E-state index in [1.165, 1.54) is 11.1 Å². The van der Waals surface area contributed by atoms with Crippen LogP contribution < -0.4 is 0 Å². The predicted octanol–water partition coefficient (Wildman–Crippen LogP) is 1.61. The van der Waals surface area contributed by atoms with Crippen molar-refractivity contribution in [3.8, 4) is 0 Å². The fraction of sp³-hybridized carbons (Fsp3) is 0.571. The van der Waals surface area contributed by atoms with E-state index in [2.05, 4.69) is 18.2 Å². The van der Waals surface area contributed by atoms with E-state index >= 15 is 0 Å². The van der Waals surface area contributed by atoms with Gasteiger partial charge in [-0.05, 0) is 36.8 Å². The Bertz CT molecular complexity index is 421. The molecule has 17 heavy (non-hydrogen) atoms. The number of benzene rings is 1. The van der Waals surface area contributed by atoms with Crippen LogP contribution in [0.25, 0.3) is 0 Å². The predicted molar refractivity (Wildman–Crippen MR) is 63.7 cm³/mol. The van der Waals surface area contributed by atoms with E-state index in [9.17, 15) is 5.11 Å². The quantitative estimate of drug-likeness (QED) is 0.845. The average Bonchev–Trinajstić information content (AvgIpc) is 2.94.